The second-order valence-corrected chi connectivity index (χ2v) is 5.69. The van der Waals surface area contributed by atoms with E-state index in [-0.39, 0.29) is 11.3 Å². The summed E-state index contributed by atoms with van der Waals surface area (Å²) in [5.41, 5.74) is 7.86. The minimum Gasteiger partial charge on any atom is -0.493 e. The van der Waals surface area contributed by atoms with Crippen LogP contribution in [0.3, 0.4) is 0 Å². The molecule has 0 atom stereocenters. The molecule has 102 valence electrons. The first-order valence-electron chi connectivity index (χ1n) is 6.85. The molecule has 2 N–H and O–H groups in total. The lowest BCUT2D eigenvalue weighted by Crippen LogP contribution is -2.37. The van der Waals surface area contributed by atoms with Gasteiger partial charge in [-0.25, -0.2) is 0 Å². The summed E-state index contributed by atoms with van der Waals surface area (Å²) in [7, 11) is 1.86. The average Bonchev–Trinajstić information content (AvgIpc) is 3.09. The molecule has 4 heteroatoms. The number of nitrogens with two attached hydrogens (primary N) is 1. The maximum atomic E-state index is 12.3. The maximum Gasteiger partial charge on any atom is 0.230 e. The Morgan fingerprint density at radius 3 is 2.95 bits per heavy atom. The topological polar surface area (TPSA) is 55.6 Å². The van der Waals surface area contributed by atoms with Gasteiger partial charge in [-0.05, 0) is 30.0 Å². The molecule has 1 saturated carbocycles. The van der Waals surface area contributed by atoms with Crippen molar-refractivity contribution in [2.45, 2.75) is 25.8 Å². The fourth-order valence-electron chi connectivity index (χ4n) is 2.74. The summed E-state index contributed by atoms with van der Waals surface area (Å²) in [6.45, 7) is 1.88. The lowest BCUT2D eigenvalue weighted by atomic mass is 10.0. The predicted molar refractivity (Wildman–Crippen MR) is 72.8 cm³/mol. The third-order valence-corrected chi connectivity index (χ3v) is 4.22. The zero-order chi connectivity index (χ0) is 13.5. The molecule has 1 heterocycles. The van der Waals surface area contributed by atoms with Crippen LogP contribution in [-0.2, 0) is 17.8 Å². The summed E-state index contributed by atoms with van der Waals surface area (Å²) in [6.07, 6.45) is 2.84. The van der Waals surface area contributed by atoms with Crippen molar-refractivity contribution in [3.05, 3.63) is 29.3 Å². The van der Waals surface area contributed by atoms with Crippen molar-refractivity contribution in [2.24, 2.45) is 11.1 Å². The molecule has 0 saturated heterocycles. The van der Waals surface area contributed by atoms with Crippen molar-refractivity contribution >= 4 is 5.91 Å². The van der Waals surface area contributed by atoms with Crippen molar-refractivity contribution in [3.8, 4) is 5.75 Å². The number of rotatable bonds is 4. The minimum absolute atomic E-state index is 0.187. The van der Waals surface area contributed by atoms with Crippen LogP contribution in [0.15, 0.2) is 18.2 Å². The van der Waals surface area contributed by atoms with Crippen molar-refractivity contribution in [1.29, 1.82) is 0 Å². The molecule has 1 aliphatic heterocycles. The molecule has 1 fully saturated rings. The van der Waals surface area contributed by atoms with Crippen LogP contribution in [0.1, 0.15) is 24.0 Å². The summed E-state index contributed by atoms with van der Waals surface area (Å²) in [4.78, 5) is 14.1. The van der Waals surface area contributed by atoms with Crippen LogP contribution in [-0.4, -0.2) is 31.0 Å². The molecule has 0 bridgehead atoms. The lowest BCUT2D eigenvalue weighted by Gasteiger charge is -2.22. The second kappa shape index (κ2) is 4.53. The van der Waals surface area contributed by atoms with Crippen LogP contribution in [0.25, 0.3) is 0 Å². The van der Waals surface area contributed by atoms with E-state index in [2.05, 4.69) is 6.07 Å². The Kier molecular flexibility index (Phi) is 2.97. The Morgan fingerprint density at radius 1 is 1.47 bits per heavy atom. The minimum atomic E-state index is -0.255. The van der Waals surface area contributed by atoms with E-state index in [4.69, 9.17) is 10.5 Å². The van der Waals surface area contributed by atoms with Crippen LogP contribution in [0.2, 0.25) is 0 Å². The zero-order valence-corrected chi connectivity index (χ0v) is 11.3. The smallest absolute Gasteiger partial charge is 0.230 e. The van der Waals surface area contributed by atoms with E-state index in [1.165, 1.54) is 5.56 Å². The molecule has 1 aliphatic carbocycles. The van der Waals surface area contributed by atoms with E-state index >= 15 is 0 Å². The number of hydrogen-bond acceptors (Lipinski definition) is 3. The van der Waals surface area contributed by atoms with E-state index in [0.29, 0.717) is 13.1 Å². The van der Waals surface area contributed by atoms with Gasteiger partial charge in [0.15, 0.2) is 0 Å². The molecule has 0 radical (unpaired) electrons. The molecule has 1 aromatic carbocycles. The average molecular weight is 260 g/mol. The molecule has 3 rings (SSSR count). The van der Waals surface area contributed by atoms with Gasteiger partial charge in [0, 0.05) is 26.6 Å². The Hall–Kier alpha value is -1.55. The number of carbonyl (C=O) groups is 1. The predicted octanol–water partition coefficient (Wildman–Crippen LogP) is 1.32. The molecular weight excluding hydrogens is 240 g/mol. The van der Waals surface area contributed by atoms with E-state index < -0.39 is 0 Å². The summed E-state index contributed by atoms with van der Waals surface area (Å²) in [6, 6.07) is 6.19. The van der Waals surface area contributed by atoms with Crippen LogP contribution in [0, 0.1) is 5.41 Å². The Balaban J connectivity index is 1.69. The van der Waals surface area contributed by atoms with Gasteiger partial charge in [-0.1, -0.05) is 12.1 Å². The Labute approximate surface area is 113 Å². The Morgan fingerprint density at radius 2 is 2.26 bits per heavy atom. The second-order valence-electron chi connectivity index (χ2n) is 5.69. The highest BCUT2D eigenvalue weighted by Gasteiger charge is 2.49. The fraction of sp³-hybridized carbons (Fsp3) is 0.533. The molecule has 0 aromatic heterocycles. The van der Waals surface area contributed by atoms with Gasteiger partial charge >= 0.3 is 0 Å². The normalized spacial score (nSPS) is 18.6. The fourth-order valence-corrected chi connectivity index (χ4v) is 2.74. The van der Waals surface area contributed by atoms with Gasteiger partial charge in [-0.15, -0.1) is 0 Å². The number of benzene rings is 1. The zero-order valence-electron chi connectivity index (χ0n) is 11.3. The molecule has 1 aromatic rings. The van der Waals surface area contributed by atoms with E-state index in [0.717, 1.165) is 37.2 Å². The molecule has 4 nitrogen and oxygen atoms in total. The standard InChI is InChI=1S/C15H20N2O2/c1-17(14(18)15(10-16)5-6-15)9-11-2-3-13-12(8-11)4-7-19-13/h2-3,8H,4-7,9-10,16H2,1H3. The third-order valence-electron chi connectivity index (χ3n) is 4.22. The first kappa shape index (κ1) is 12.5. The molecule has 1 amide bonds. The van der Waals surface area contributed by atoms with Gasteiger partial charge < -0.3 is 15.4 Å². The van der Waals surface area contributed by atoms with E-state index in [9.17, 15) is 4.79 Å². The van der Waals surface area contributed by atoms with Crippen LogP contribution >= 0.6 is 0 Å². The third kappa shape index (κ3) is 2.21. The first-order chi connectivity index (χ1) is 9.14. The highest BCUT2D eigenvalue weighted by Crippen LogP contribution is 2.46. The monoisotopic (exact) mass is 260 g/mol. The van der Waals surface area contributed by atoms with Gasteiger partial charge in [0.1, 0.15) is 5.75 Å². The van der Waals surface area contributed by atoms with Gasteiger partial charge in [0.25, 0.3) is 0 Å². The van der Waals surface area contributed by atoms with Gasteiger partial charge in [-0.2, -0.15) is 0 Å². The summed E-state index contributed by atoms with van der Waals surface area (Å²) in [5.74, 6) is 1.17. The number of ether oxygens (including phenoxy) is 1. The van der Waals surface area contributed by atoms with Crippen LogP contribution < -0.4 is 10.5 Å². The number of carbonyl (C=O) groups excluding carboxylic acids is 1. The van der Waals surface area contributed by atoms with Crippen molar-refractivity contribution < 1.29 is 9.53 Å². The van der Waals surface area contributed by atoms with E-state index in [1.54, 1.807) is 4.90 Å². The summed E-state index contributed by atoms with van der Waals surface area (Å²) in [5, 5.41) is 0. The summed E-state index contributed by atoms with van der Waals surface area (Å²) >= 11 is 0. The molecule has 0 unspecified atom stereocenters. The first-order valence-corrected chi connectivity index (χ1v) is 6.85. The highest BCUT2D eigenvalue weighted by molar-refractivity contribution is 5.85. The van der Waals surface area contributed by atoms with E-state index in [1.807, 2.05) is 19.2 Å². The van der Waals surface area contributed by atoms with Crippen molar-refractivity contribution in [2.75, 3.05) is 20.2 Å². The number of amides is 1. The number of hydrogen-bond donors (Lipinski definition) is 1. The highest BCUT2D eigenvalue weighted by atomic mass is 16.5. The van der Waals surface area contributed by atoms with Crippen LogP contribution in [0.5, 0.6) is 5.75 Å². The van der Waals surface area contributed by atoms with Crippen LogP contribution in [0.4, 0.5) is 0 Å². The summed E-state index contributed by atoms with van der Waals surface area (Å²) < 4.78 is 5.49. The maximum absolute atomic E-state index is 12.3. The Bertz CT molecular complexity index is 509. The molecule has 0 spiro atoms. The lowest BCUT2D eigenvalue weighted by molar-refractivity contribution is -0.135. The van der Waals surface area contributed by atoms with Crippen molar-refractivity contribution in [1.82, 2.24) is 4.90 Å². The molecule has 19 heavy (non-hydrogen) atoms. The van der Waals surface area contributed by atoms with Gasteiger partial charge in [0.2, 0.25) is 5.91 Å². The number of fused-ring (bicyclic) bond motifs is 1. The van der Waals surface area contributed by atoms with Gasteiger partial charge in [0.05, 0.1) is 12.0 Å². The quantitative estimate of drug-likeness (QED) is 0.888. The molecule has 2 aliphatic rings. The molecular formula is C15H20N2O2. The van der Waals surface area contributed by atoms with Crippen molar-refractivity contribution in [3.63, 3.8) is 0 Å². The number of nitrogens with zero attached hydrogens (tertiary/aromatic N) is 1. The SMILES string of the molecule is CN(Cc1ccc2c(c1)CCO2)C(=O)C1(CN)CC1. The van der Waals surface area contributed by atoms with Gasteiger partial charge in [-0.3, -0.25) is 4.79 Å². The largest absolute Gasteiger partial charge is 0.493 e.